The summed E-state index contributed by atoms with van der Waals surface area (Å²) in [4.78, 5) is 15.9. The first-order chi connectivity index (χ1) is 8.63. The summed E-state index contributed by atoms with van der Waals surface area (Å²) >= 11 is 0. The van der Waals surface area contributed by atoms with E-state index >= 15 is 0 Å². The summed E-state index contributed by atoms with van der Waals surface area (Å²) in [6.07, 6.45) is 4.96. The number of pyridine rings is 1. The van der Waals surface area contributed by atoms with Gasteiger partial charge in [-0.05, 0) is 37.8 Å². The lowest BCUT2D eigenvalue weighted by molar-refractivity contribution is -0.121. The van der Waals surface area contributed by atoms with E-state index in [2.05, 4.69) is 17.2 Å². The zero-order valence-electron chi connectivity index (χ0n) is 11.3. The largest absolute Gasteiger partial charge is 0.350 e. The van der Waals surface area contributed by atoms with Crippen LogP contribution in [0, 0.1) is 0 Å². The molecule has 18 heavy (non-hydrogen) atoms. The molecule has 0 aliphatic carbocycles. The fraction of sp³-hybridized carbons (Fsp3) is 0.571. The SMILES string of the molecule is CCc1cccnc1CNC(=O)CCCC(C)N. The summed E-state index contributed by atoms with van der Waals surface area (Å²) in [5.74, 6) is 0.0726. The lowest BCUT2D eigenvalue weighted by atomic mass is 10.1. The molecule has 0 aliphatic rings. The van der Waals surface area contributed by atoms with Crippen LogP contribution in [-0.2, 0) is 17.8 Å². The molecule has 1 amide bonds. The molecular formula is C14H23N3O. The molecule has 0 radical (unpaired) electrons. The first-order valence-corrected chi connectivity index (χ1v) is 6.58. The van der Waals surface area contributed by atoms with Crippen LogP contribution in [0.3, 0.4) is 0 Å². The summed E-state index contributed by atoms with van der Waals surface area (Å²) in [6.45, 7) is 4.56. The second-order valence-corrected chi connectivity index (χ2v) is 4.61. The normalized spacial score (nSPS) is 12.2. The number of carbonyl (C=O) groups excluding carboxylic acids is 1. The molecule has 1 atom stereocenters. The van der Waals surface area contributed by atoms with Gasteiger partial charge in [-0.3, -0.25) is 9.78 Å². The number of hydrogen-bond donors (Lipinski definition) is 2. The number of nitrogens with two attached hydrogens (primary N) is 1. The zero-order chi connectivity index (χ0) is 13.4. The van der Waals surface area contributed by atoms with Gasteiger partial charge in [-0.25, -0.2) is 0 Å². The molecule has 3 N–H and O–H groups in total. The Balaban J connectivity index is 2.33. The van der Waals surface area contributed by atoms with Crippen molar-refractivity contribution >= 4 is 5.91 Å². The molecule has 0 spiro atoms. The fourth-order valence-corrected chi connectivity index (χ4v) is 1.81. The molecule has 1 aromatic rings. The summed E-state index contributed by atoms with van der Waals surface area (Å²) in [6, 6.07) is 4.14. The lowest BCUT2D eigenvalue weighted by Gasteiger charge is -2.08. The van der Waals surface area contributed by atoms with Gasteiger partial charge in [0.2, 0.25) is 5.91 Å². The summed E-state index contributed by atoms with van der Waals surface area (Å²) < 4.78 is 0. The number of hydrogen-bond acceptors (Lipinski definition) is 3. The Morgan fingerprint density at radius 2 is 2.33 bits per heavy atom. The molecule has 1 unspecified atom stereocenters. The van der Waals surface area contributed by atoms with Crippen molar-refractivity contribution in [3.8, 4) is 0 Å². The molecule has 0 aliphatic heterocycles. The van der Waals surface area contributed by atoms with Crippen molar-refractivity contribution in [1.29, 1.82) is 0 Å². The van der Waals surface area contributed by atoms with Crippen molar-refractivity contribution in [2.75, 3.05) is 0 Å². The van der Waals surface area contributed by atoms with Gasteiger partial charge in [0.25, 0.3) is 0 Å². The third kappa shape index (κ3) is 5.27. The Bertz CT molecular complexity index is 377. The molecule has 0 bridgehead atoms. The Hall–Kier alpha value is -1.42. The molecule has 100 valence electrons. The second-order valence-electron chi connectivity index (χ2n) is 4.61. The number of aryl methyl sites for hydroxylation is 1. The molecule has 1 aromatic heterocycles. The number of rotatable bonds is 7. The smallest absolute Gasteiger partial charge is 0.220 e. The van der Waals surface area contributed by atoms with Crippen LogP contribution < -0.4 is 11.1 Å². The minimum atomic E-state index is 0.0726. The topological polar surface area (TPSA) is 68.0 Å². The Morgan fingerprint density at radius 3 is 3.00 bits per heavy atom. The second kappa shape index (κ2) is 7.82. The van der Waals surface area contributed by atoms with Crippen molar-refractivity contribution < 1.29 is 4.79 Å². The van der Waals surface area contributed by atoms with Crippen LogP contribution in [0.5, 0.6) is 0 Å². The maximum absolute atomic E-state index is 11.6. The highest BCUT2D eigenvalue weighted by Crippen LogP contribution is 2.06. The number of carbonyl (C=O) groups is 1. The van der Waals surface area contributed by atoms with Crippen LogP contribution in [-0.4, -0.2) is 16.9 Å². The number of nitrogens with one attached hydrogen (secondary N) is 1. The van der Waals surface area contributed by atoms with E-state index in [-0.39, 0.29) is 11.9 Å². The molecule has 0 fully saturated rings. The van der Waals surface area contributed by atoms with Crippen LogP contribution in [0.4, 0.5) is 0 Å². The Morgan fingerprint density at radius 1 is 1.56 bits per heavy atom. The minimum absolute atomic E-state index is 0.0726. The van der Waals surface area contributed by atoms with Gasteiger partial charge in [0.1, 0.15) is 0 Å². The maximum Gasteiger partial charge on any atom is 0.220 e. The van der Waals surface area contributed by atoms with Crippen LogP contribution in [0.15, 0.2) is 18.3 Å². The van der Waals surface area contributed by atoms with Crippen molar-refractivity contribution in [3.63, 3.8) is 0 Å². The quantitative estimate of drug-likeness (QED) is 0.774. The molecule has 0 saturated heterocycles. The van der Waals surface area contributed by atoms with Gasteiger partial charge in [-0.2, -0.15) is 0 Å². The van der Waals surface area contributed by atoms with Gasteiger partial charge in [-0.1, -0.05) is 13.0 Å². The van der Waals surface area contributed by atoms with E-state index in [0.29, 0.717) is 13.0 Å². The summed E-state index contributed by atoms with van der Waals surface area (Å²) in [5.41, 5.74) is 7.79. The van der Waals surface area contributed by atoms with E-state index in [1.807, 2.05) is 19.1 Å². The minimum Gasteiger partial charge on any atom is -0.350 e. The molecule has 0 saturated carbocycles. The van der Waals surface area contributed by atoms with E-state index in [4.69, 9.17) is 5.73 Å². The molecule has 4 nitrogen and oxygen atoms in total. The van der Waals surface area contributed by atoms with E-state index in [9.17, 15) is 4.79 Å². The first kappa shape index (κ1) is 14.6. The lowest BCUT2D eigenvalue weighted by Crippen LogP contribution is -2.24. The highest BCUT2D eigenvalue weighted by molar-refractivity contribution is 5.75. The van der Waals surface area contributed by atoms with Gasteiger partial charge in [-0.15, -0.1) is 0 Å². The molecule has 1 rings (SSSR count). The number of nitrogens with zero attached hydrogens (tertiary/aromatic N) is 1. The standard InChI is InChI=1S/C14H23N3O/c1-3-12-7-5-9-16-13(12)10-17-14(18)8-4-6-11(2)15/h5,7,9,11H,3-4,6,8,10,15H2,1-2H3,(H,17,18). The first-order valence-electron chi connectivity index (χ1n) is 6.58. The summed E-state index contributed by atoms with van der Waals surface area (Å²) in [7, 11) is 0. The van der Waals surface area contributed by atoms with Crippen LogP contribution >= 0.6 is 0 Å². The van der Waals surface area contributed by atoms with Crippen LogP contribution in [0.25, 0.3) is 0 Å². The van der Waals surface area contributed by atoms with Gasteiger partial charge in [0, 0.05) is 18.7 Å². The molecular weight excluding hydrogens is 226 g/mol. The van der Waals surface area contributed by atoms with E-state index in [0.717, 1.165) is 25.0 Å². The van der Waals surface area contributed by atoms with Crippen LogP contribution in [0.1, 0.15) is 44.4 Å². The molecule has 1 heterocycles. The maximum atomic E-state index is 11.6. The van der Waals surface area contributed by atoms with E-state index in [1.54, 1.807) is 6.20 Å². The predicted octanol–water partition coefficient (Wildman–Crippen LogP) is 1.78. The highest BCUT2D eigenvalue weighted by Gasteiger charge is 2.05. The number of aromatic nitrogens is 1. The monoisotopic (exact) mass is 249 g/mol. The summed E-state index contributed by atoms with van der Waals surface area (Å²) in [5, 5.41) is 2.91. The number of amides is 1. The van der Waals surface area contributed by atoms with Crippen molar-refractivity contribution in [1.82, 2.24) is 10.3 Å². The van der Waals surface area contributed by atoms with Crippen molar-refractivity contribution in [3.05, 3.63) is 29.6 Å². The van der Waals surface area contributed by atoms with Crippen molar-refractivity contribution in [2.24, 2.45) is 5.73 Å². The van der Waals surface area contributed by atoms with Gasteiger partial charge in [0.15, 0.2) is 0 Å². The average molecular weight is 249 g/mol. The molecule has 4 heteroatoms. The Kier molecular flexibility index (Phi) is 6.36. The van der Waals surface area contributed by atoms with E-state index in [1.165, 1.54) is 5.56 Å². The third-order valence-corrected chi connectivity index (χ3v) is 2.88. The van der Waals surface area contributed by atoms with Gasteiger partial charge in [0.05, 0.1) is 12.2 Å². The fourth-order valence-electron chi connectivity index (χ4n) is 1.81. The van der Waals surface area contributed by atoms with Gasteiger partial charge < -0.3 is 11.1 Å². The predicted molar refractivity (Wildman–Crippen MR) is 73.0 cm³/mol. The van der Waals surface area contributed by atoms with Crippen molar-refractivity contribution in [2.45, 2.75) is 52.1 Å². The highest BCUT2D eigenvalue weighted by atomic mass is 16.1. The Labute approximate surface area is 109 Å². The zero-order valence-corrected chi connectivity index (χ0v) is 11.3. The third-order valence-electron chi connectivity index (χ3n) is 2.88. The van der Waals surface area contributed by atoms with E-state index < -0.39 is 0 Å². The average Bonchev–Trinajstić information content (AvgIpc) is 2.36. The van der Waals surface area contributed by atoms with Gasteiger partial charge >= 0.3 is 0 Å². The van der Waals surface area contributed by atoms with Crippen LogP contribution in [0.2, 0.25) is 0 Å². The molecule has 0 aromatic carbocycles.